The Balaban J connectivity index is 2.48. The van der Waals surface area contributed by atoms with E-state index < -0.39 is 10.0 Å². The summed E-state index contributed by atoms with van der Waals surface area (Å²) in [6, 6.07) is 1.43. The van der Waals surface area contributed by atoms with Crippen molar-refractivity contribution in [2.24, 2.45) is 0 Å². The smallest absolute Gasteiger partial charge is 0.267 e. The van der Waals surface area contributed by atoms with Gasteiger partial charge in [0.25, 0.3) is 5.91 Å². The molecule has 6 nitrogen and oxygen atoms in total. The van der Waals surface area contributed by atoms with E-state index >= 15 is 0 Å². The third kappa shape index (κ3) is 2.07. The maximum absolute atomic E-state index is 11.9. The van der Waals surface area contributed by atoms with Crippen molar-refractivity contribution in [1.29, 1.82) is 0 Å². The number of carbonyl (C=O) groups is 1. The molecule has 0 atom stereocenters. The highest BCUT2D eigenvalue weighted by atomic mass is 32.2. The number of rotatable bonds is 2. The van der Waals surface area contributed by atoms with Gasteiger partial charge in [-0.3, -0.25) is 4.79 Å². The lowest BCUT2D eigenvalue weighted by Gasteiger charge is -2.08. The minimum atomic E-state index is -3.47. The first-order chi connectivity index (χ1) is 7.93. The Labute approximate surface area is 100 Å². The van der Waals surface area contributed by atoms with Gasteiger partial charge in [-0.25, -0.2) is 12.7 Å². The number of hydrogen-bond donors (Lipinski definition) is 1. The van der Waals surface area contributed by atoms with E-state index in [0.717, 1.165) is 10.7 Å². The van der Waals surface area contributed by atoms with Gasteiger partial charge in [-0.1, -0.05) is 0 Å². The van der Waals surface area contributed by atoms with Gasteiger partial charge in [0.05, 0.1) is 0 Å². The summed E-state index contributed by atoms with van der Waals surface area (Å²) in [7, 11) is -0.533. The van der Waals surface area contributed by atoms with Crippen LogP contribution in [0.1, 0.15) is 16.9 Å². The van der Waals surface area contributed by atoms with E-state index in [1.165, 1.54) is 26.4 Å². The van der Waals surface area contributed by atoms with Crippen LogP contribution < -0.4 is 5.32 Å². The van der Waals surface area contributed by atoms with Crippen LogP contribution in [-0.4, -0.2) is 43.8 Å². The number of nitrogens with one attached hydrogen (secondary N) is 1. The number of sulfonamides is 1. The zero-order valence-corrected chi connectivity index (χ0v) is 10.6. The Hall–Kier alpha value is -1.34. The molecule has 94 valence electrons. The Kier molecular flexibility index (Phi) is 2.96. The van der Waals surface area contributed by atoms with Gasteiger partial charge < -0.3 is 9.88 Å². The Morgan fingerprint density at radius 1 is 1.41 bits per heavy atom. The highest BCUT2D eigenvalue weighted by Gasteiger charge is 2.24. The molecule has 7 heteroatoms. The topological polar surface area (TPSA) is 71.4 Å². The average molecular weight is 257 g/mol. The molecule has 1 aliphatic rings. The molecule has 1 aromatic heterocycles. The summed E-state index contributed by atoms with van der Waals surface area (Å²) in [5, 5.41) is 2.73. The van der Waals surface area contributed by atoms with Crippen LogP contribution in [0.4, 0.5) is 0 Å². The van der Waals surface area contributed by atoms with E-state index in [1.807, 2.05) is 0 Å². The molecule has 0 saturated heterocycles. The van der Waals surface area contributed by atoms with Gasteiger partial charge in [0.15, 0.2) is 0 Å². The molecule has 2 rings (SSSR count). The largest absolute Gasteiger partial charge is 0.351 e. The molecular formula is C10H15N3O3S. The monoisotopic (exact) mass is 257 g/mol. The minimum Gasteiger partial charge on any atom is -0.351 e. The predicted octanol–water partition coefficient (Wildman–Crippen LogP) is -0.128. The van der Waals surface area contributed by atoms with Crippen LogP contribution in [0, 0.1) is 0 Å². The molecule has 0 unspecified atom stereocenters. The minimum absolute atomic E-state index is 0.162. The van der Waals surface area contributed by atoms with E-state index in [0.29, 0.717) is 18.8 Å². The van der Waals surface area contributed by atoms with Gasteiger partial charge in [-0.05, 0) is 12.5 Å². The Bertz CT molecular complexity index is 545. The number of hydrogen-bond acceptors (Lipinski definition) is 3. The molecule has 0 spiro atoms. The molecule has 1 amide bonds. The molecule has 2 heterocycles. The predicted molar refractivity (Wildman–Crippen MR) is 62.3 cm³/mol. The molecule has 0 fully saturated rings. The quantitative estimate of drug-likeness (QED) is 0.802. The summed E-state index contributed by atoms with van der Waals surface area (Å²) >= 11 is 0. The SMILES string of the molecule is CN(C)S(=O)(=O)c1cc2n(c1)CCCNC2=O. The number of nitrogens with zero attached hydrogens (tertiary/aromatic N) is 2. The second-order valence-corrected chi connectivity index (χ2v) is 6.30. The fourth-order valence-corrected chi connectivity index (χ4v) is 2.70. The molecule has 0 aliphatic carbocycles. The van der Waals surface area contributed by atoms with Crippen molar-refractivity contribution in [3.05, 3.63) is 18.0 Å². The molecule has 0 saturated carbocycles. The third-order valence-electron chi connectivity index (χ3n) is 2.74. The highest BCUT2D eigenvalue weighted by molar-refractivity contribution is 7.89. The van der Waals surface area contributed by atoms with E-state index in [1.54, 1.807) is 4.57 Å². The van der Waals surface area contributed by atoms with E-state index in [9.17, 15) is 13.2 Å². The van der Waals surface area contributed by atoms with Crippen molar-refractivity contribution in [2.45, 2.75) is 17.9 Å². The normalized spacial score (nSPS) is 16.5. The fourth-order valence-electron chi connectivity index (χ4n) is 1.75. The van der Waals surface area contributed by atoms with Crippen LogP contribution in [0.2, 0.25) is 0 Å². The zero-order chi connectivity index (χ0) is 12.6. The van der Waals surface area contributed by atoms with Crippen molar-refractivity contribution in [3.8, 4) is 0 Å². The molecular weight excluding hydrogens is 242 g/mol. The lowest BCUT2D eigenvalue weighted by molar-refractivity contribution is 0.0951. The molecule has 0 radical (unpaired) electrons. The van der Waals surface area contributed by atoms with Gasteiger partial charge in [0.1, 0.15) is 10.6 Å². The number of amides is 1. The zero-order valence-electron chi connectivity index (χ0n) is 9.80. The molecule has 1 N–H and O–H groups in total. The molecule has 0 aromatic carbocycles. The van der Waals surface area contributed by atoms with Crippen molar-refractivity contribution in [2.75, 3.05) is 20.6 Å². The van der Waals surface area contributed by atoms with Crippen LogP contribution in [-0.2, 0) is 16.6 Å². The summed E-state index contributed by atoms with van der Waals surface area (Å²) in [6.07, 6.45) is 2.32. The maximum Gasteiger partial charge on any atom is 0.267 e. The molecule has 0 bridgehead atoms. The lowest BCUT2D eigenvalue weighted by Crippen LogP contribution is -2.23. The number of aromatic nitrogens is 1. The van der Waals surface area contributed by atoms with Crippen molar-refractivity contribution in [3.63, 3.8) is 0 Å². The number of carbonyl (C=O) groups excluding carboxylic acids is 1. The first kappa shape index (κ1) is 12.1. The first-order valence-corrected chi connectivity index (χ1v) is 6.78. The summed E-state index contributed by atoms with van der Waals surface area (Å²) in [5.41, 5.74) is 0.405. The van der Waals surface area contributed by atoms with Gasteiger partial charge in [0, 0.05) is 33.4 Å². The summed E-state index contributed by atoms with van der Waals surface area (Å²) in [4.78, 5) is 11.8. The van der Waals surface area contributed by atoms with E-state index in [2.05, 4.69) is 5.32 Å². The van der Waals surface area contributed by atoms with E-state index in [4.69, 9.17) is 0 Å². The van der Waals surface area contributed by atoms with Crippen LogP contribution in [0.15, 0.2) is 17.2 Å². The summed E-state index contributed by atoms with van der Waals surface area (Å²) < 4.78 is 26.7. The maximum atomic E-state index is 11.9. The second kappa shape index (κ2) is 4.15. The van der Waals surface area contributed by atoms with E-state index in [-0.39, 0.29) is 10.8 Å². The summed E-state index contributed by atoms with van der Waals surface area (Å²) in [5.74, 6) is -0.220. The van der Waals surface area contributed by atoms with Crippen LogP contribution in [0.5, 0.6) is 0 Å². The molecule has 1 aromatic rings. The molecule has 17 heavy (non-hydrogen) atoms. The number of aryl methyl sites for hydroxylation is 1. The van der Waals surface area contributed by atoms with Crippen molar-refractivity contribution < 1.29 is 13.2 Å². The lowest BCUT2D eigenvalue weighted by atomic mass is 10.4. The number of fused-ring (bicyclic) bond motifs is 1. The van der Waals surface area contributed by atoms with Gasteiger partial charge >= 0.3 is 0 Å². The van der Waals surface area contributed by atoms with Crippen LogP contribution in [0.25, 0.3) is 0 Å². The second-order valence-electron chi connectivity index (χ2n) is 4.15. The highest BCUT2D eigenvalue weighted by Crippen LogP contribution is 2.18. The summed E-state index contributed by atoms with van der Waals surface area (Å²) in [6.45, 7) is 1.27. The van der Waals surface area contributed by atoms with Crippen LogP contribution in [0.3, 0.4) is 0 Å². The molecule has 1 aliphatic heterocycles. The Morgan fingerprint density at radius 3 is 2.76 bits per heavy atom. The van der Waals surface area contributed by atoms with Gasteiger partial charge in [0.2, 0.25) is 10.0 Å². The fraction of sp³-hybridized carbons (Fsp3) is 0.500. The third-order valence-corrected chi connectivity index (χ3v) is 4.52. The van der Waals surface area contributed by atoms with Gasteiger partial charge in [-0.2, -0.15) is 0 Å². The van der Waals surface area contributed by atoms with Crippen molar-refractivity contribution in [1.82, 2.24) is 14.2 Å². The van der Waals surface area contributed by atoms with Gasteiger partial charge in [-0.15, -0.1) is 0 Å². The average Bonchev–Trinajstić information content (AvgIpc) is 2.61. The van der Waals surface area contributed by atoms with Crippen LogP contribution >= 0.6 is 0 Å². The standard InChI is InChI=1S/C10H15N3O3S/c1-12(2)17(15,16)8-6-9-10(14)11-4-3-5-13(9)7-8/h6-7H,3-5H2,1-2H3,(H,11,14). The first-order valence-electron chi connectivity index (χ1n) is 5.34. The Morgan fingerprint density at radius 2 is 2.12 bits per heavy atom. The van der Waals surface area contributed by atoms with Crippen molar-refractivity contribution >= 4 is 15.9 Å².